The SMILES string of the molecule is CN(C)CCN1CCN(CC2CCCCC2O)CC1. The molecule has 0 aromatic rings. The quantitative estimate of drug-likeness (QED) is 0.796. The van der Waals surface area contributed by atoms with Gasteiger partial charge < -0.3 is 14.9 Å². The van der Waals surface area contributed by atoms with Gasteiger partial charge in [-0.1, -0.05) is 12.8 Å². The van der Waals surface area contributed by atoms with Crippen LogP contribution in [0.25, 0.3) is 0 Å². The average molecular weight is 269 g/mol. The molecule has 1 aliphatic heterocycles. The maximum absolute atomic E-state index is 10.1. The zero-order valence-electron chi connectivity index (χ0n) is 12.7. The highest BCUT2D eigenvalue weighted by Crippen LogP contribution is 2.25. The second-order valence-corrected chi connectivity index (χ2v) is 6.56. The van der Waals surface area contributed by atoms with Gasteiger partial charge in [0.25, 0.3) is 0 Å². The Morgan fingerprint density at radius 3 is 2.26 bits per heavy atom. The van der Waals surface area contributed by atoms with Gasteiger partial charge in [-0.25, -0.2) is 0 Å². The summed E-state index contributed by atoms with van der Waals surface area (Å²) < 4.78 is 0. The molecule has 4 nitrogen and oxygen atoms in total. The van der Waals surface area contributed by atoms with Gasteiger partial charge in [0.1, 0.15) is 0 Å². The van der Waals surface area contributed by atoms with Crippen LogP contribution in [0.3, 0.4) is 0 Å². The van der Waals surface area contributed by atoms with Crippen LogP contribution >= 0.6 is 0 Å². The van der Waals surface area contributed by atoms with E-state index in [4.69, 9.17) is 0 Å². The first-order valence-electron chi connectivity index (χ1n) is 7.92. The molecule has 2 unspecified atom stereocenters. The van der Waals surface area contributed by atoms with Crippen LogP contribution in [-0.2, 0) is 0 Å². The molecule has 1 N–H and O–H groups in total. The van der Waals surface area contributed by atoms with Crippen LogP contribution in [0.4, 0.5) is 0 Å². The highest BCUT2D eigenvalue weighted by Gasteiger charge is 2.26. The fraction of sp³-hybridized carbons (Fsp3) is 1.00. The van der Waals surface area contributed by atoms with E-state index >= 15 is 0 Å². The Labute approximate surface area is 118 Å². The minimum absolute atomic E-state index is 0.0412. The zero-order chi connectivity index (χ0) is 13.7. The van der Waals surface area contributed by atoms with Crippen molar-refractivity contribution in [3.05, 3.63) is 0 Å². The van der Waals surface area contributed by atoms with E-state index in [0.717, 1.165) is 19.5 Å². The lowest BCUT2D eigenvalue weighted by Crippen LogP contribution is -2.50. The smallest absolute Gasteiger partial charge is 0.0580 e. The Bertz CT molecular complexity index is 252. The number of nitrogens with zero attached hydrogens (tertiary/aromatic N) is 3. The molecule has 0 aromatic heterocycles. The van der Waals surface area contributed by atoms with Gasteiger partial charge in [0, 0.05) is 45.8 Å². The number of aliphatic hydroxyl groups excluding tert-OH is 1. The van der Waals surface area contributed by atoms with Crippen molar-refractivity contribution < 1.29 is 5.11 Å². The number of aliphatic hydroxyl groups is 1. The molecule has 1 saturated heterocycles. The van der Waals surface area contributed by atoms with E-state index in [1.807, 2.05) is 0 Å². The highest BCUT2D eigenvalue weighted by atomic mass is 16.3. The third-order valence-electron chi connectivity index (χ3n) is 4.69. The van der Waals surface area contributed by atoms with Crippen LogP contribution in [0.1, 0.15) is 25.7 Å². The van der Waals surface area contributed by atoms with E-state index < -0.39 is 0 Å². The summed E-state index contributed by atoms with van der Waals surface area (Å²) in [6.07, 6.45) is 4.73. The maximum Gasteiger partial charge on any atom is 0.0580 e. The van der Waals surface area contributed by atoms with Gasteiger partial charge in [0.2, 0.25) is 0 Å². The minimum atomic E-state index is -0.0412. The first kappa shape index (κ1) is 15.2. The number of hydrogen-bond donors (Lipinski definition) is 1. The Kier molecular flexibility index (Phi) is 6.07. The van der Waals surface area contributed by atoms with Gasteiger partial charge in [0.05, 0.1) is 6.10 Å². The Balaban J connectivity index is 1.65. The molecule has 2 rings (SSSR count). The lowest BCUT2D eigenvalue weighted by atomic mass is 9.86. The Hall–Kier alpha value is -0.160. The number of likely N-dealkylation sites (N-methyl/N-ethyl adjacent to an activating group) is 1. The molecule has 0 bridgehead atoms. The predicted octanol–water partition coefficient (Wildman–Crippen LogP) is 0.717. The topological polar surface area (TPSA) is 30.0 Å². The van der Waals surface area contributed by atoms with Gasteiger partial charge in [-0.2, -0.15) is 0 Å². The minimum Gasteiger partial charge on any atom is -0.393 e. The van der Waals surface area contributed by atoms with E-state index in [1.54, 1.807) is 0 Å². The highest BCUT2D eigenvalue weighted by molar-refractivity contribution is 4.80. The van der Waals surface area contributed by atoms with E-state index in [1.165, 1.54) is 52.0 Å². The first-order chi connectivity index (χ1) is 9.15. The van der Waals surface area contributed by atoms with Crippen molar-refractivity contribution in [2.24, 2.45) is 5.92 Å². The molecule has 2 aliphatic rings. The molecule has 1 saturated carbocycles. The molecule has 1 aliphatic carbocycles. The second kappa shape index (κ2) is 7.58. The summed E-state index contributed by atoms with van der Waals surface area (Å²) in [5, 5.41) is 10.1. The largest absolute Gasteiger partial charge is 0.393 e. The second-order valence-electron chi connectivity index (χ2n) is 6.56. The number of hydrogen-bond acceptors (Lipinski definition) is 4. The van der Waals surface area contributed by atoms with Crippen molar-refractivity contribution in [2.75, 3.05) is 59.9 Å². The fourth-order valence-electron chi connectivity index (χ4n) is 3.27. The van der Waals surface area contributed by atoms with Crippen molar-refractivity contribution in [3.8, 4) is 0 Å². The van der Waals surface area contributed by atoms with Crippen LogP contribution in [0.2, 0.25) is 0 Å². The van der Waals surface area contributed by atoms with Crippen LogP contribution in [0.15, 0.2) is 0 Å². The van der Waals surface area contributed by atoms with E-state index in [0.29, 0.717) is 5.92 Å². The summed E-state index contributed by atoms with van der Waals surface area (Å²) in [5.41, 5.74) is 0. The zero-order valence-corrected chi connectivity index (χ0v) is 12.7. The van der Waals surface area contributed by atoms with Crippen molar-refractivity contribution in [1.82, 2.24) is 14.7 Å². The van der Waals surface area contributed by atoms with Crippen LogP contribution < -0.4 is 0 Å². The fourth-order valence-corrected chi connectivity index (χ4v) is 3.27. The molecule has 0 amide bonds. The first-order valence-corrected chi connectivity index (χ1v) is 7.92. The van der Waals surface area contributed by atoms with Crippen LogP contribution in [0, 0.1) is 5.92 Å². The van der Waals surface area contributed by atoms with Crippen LogP contribution in [-0.4, -0.2) is 85.8 Å². The van der Waals surface area contributed by atoms with Crippen LogP contribution in [0.5, 0.6) is 0 Å². The molecule has 0 spiro atoms. The summed E-state index contributed by atoms with van der Waals surface area (Å²) in [6, 6.07) is 0. The van der Waals surface area contributed by atoms with Crippen molar-refractivity contribution in [1.29, 1.82) is 0 Å². The molecule has 2 fully saturated rings. The monoisotopic (exact) mass is 269 g/mol. The van der Waals surface area contributed by atoms with Crippen molar-refractivity contribution in [2.45, 2.75) is 31.8 Å². The maximum atomic E-state index is 10.1. The summed E-state index contributed by atoms with van der Waals surface area (Å²) in [7, 11) is 4.28. The molecule has 2 atom stereocenters. The van der Waals surface area contributed by atoms with Crippen molar-refractivity contribution in [3.63, 3.8) is 0 Å². The molecule has 0 aromatic carbocycles. The predicted molar refractivity (Wildman–Crippen MR) is 79.4 cm³/mol. The summed E-state index contributed by atoms with van der Waals surface area (Å²) in [6.45, 7) is 8.19. The van der Waals surface area contributed by atoms with Gasteiger partial charge in [-0.05, 0) is 32.9 Å². The molecular formula is C15H31N3O. The average Bonchev–Trinajstić information content (AvgIpc) is 2.40. The standard InChI is InChI=1S/C15H31N3O/c1-16(2)7-8-17-9-11-18(12-10-17)13-14-5-3-4-6-15(14)19/h14-15,19H,3-13H2,1-2H3. The lowest BCUT2D eigenvalue weighted by molar-refractivity contribution is 0.0322. The molecular weight excluding hydrogens is 238 g/mol. The molecule has 0 radical (unpaired) electrons. The van der Waals surface area contributed by atoms with Gasteiger partial charge in [0.15, 0.2) is 0 Å². The van der Waals surface area contributed by atoms with Gasteiger partial charge in [-0.15, -0.1) is 0 Å². The van der Waals surface area contributed by atoms with Gasteiger partial charge >= 0.3 is 0 Å². The summed E-state index contributed by atoms with van der Waals surface area (Å²) >= 11 is 0. The summed E-state index contributed by atoms with van der Waals surface area (Å²) in [5.74, 6) is 0.530. The number of rotatable bonds is 5. The Morgan fingerprint density at radius 2 is 1.63 bits per heavy atom. The molecule has 4 heteroatoms. The molecule has 19 heavy (non-hydrogen) atoms. The Morgan fingerprint density at radius 1 is 1.00 bits per heavy atom. The normalized spacial score (nSPS) is 30.9. The van der Waals surface area contributed by atoms with Crippen molar-refractivity contribution >= 4 is 0 Å². The number of piperazine rings is 1. The molecule has 1 heterocycles. The molecule has 112 valence electrons. The van der Waals surface area contributed by atoms with Gasteiger partial charge in [-0.3, -0.25) is 4.90 Å². The van der Waals surface area contributed by atoms with E-state index in [-0.39, 0.29) is 6.10 Å². The van der Waals surface area contributed by atoms with E-state index in [2.05, 4.69) is 28.8 Å². The third kappa shape index (κ3) is 5.03. The lowest BCUT2D eigenvalue weighted by Gasteiger charge is -2.38. The summed E-state index contributed by atoms with van der Waals surface area (Å²) in [4.78, 5) is 7.38. The third-order valence-corrected chi connectivity index (χ3v) is 4.69. The van der Waals surface area contributed by atoms with E-state index in [9.17, 15) is 5.11 Å².